The summed E-state index contributed by atoms with van der Waals surface area (Å²) in [5.74, 6) is 0.993. The predicted molar refractivity (Wildman–Crippen MR) is 104 cm³/mol. The monoisotopic (exact) mass is 373 g/mol. The van der Waals surface area contributed by atoms with Crippen LogP contribution in [0.3, 0.4) is 0 Å². The number of rotatable bonds is 5. The lowest BCUT2D eigenvalue weighted by Gasteiger charge is -2.33. The molecule has 0 unspecified atom stereocenters. The summed E-state index contributed by atoms with van der Waals surface area (Å²) in [6, 6.07) is 11.3. The number of hydrogen-bond donors (Lipinski definition) is 2. The molecule has 2 N–H and O–H groups in total. The van der Waals surface area contributed by atoms with E-state index in [0.29, 0.717) is 18.1 Å². The summed E-state index contributed by atoms with van der Waals surface area (Å²) in [6.45, 7) is 4.97. The van der Waals surface area contributed by atoms with Gasteiger partial charge in [-0.15, -0.1) is 0 Å². The Morgan fingerprint density at radius 3 is 2.46 bits per heavy atom. The number of halogens is 1. The first-order chi connectivity index (χ1) is 12.6. The molecule has 2 heterocycles. The number of anilines is 1. The molecule has 1 aromatic carbocycles. The normalized spacial score (nSPS) is 14.9. The molecule has 1 aromatic heterocycles. The van der Waals surface area contributed by atoms with Crippen molar-refractivity contribution in [1.82, 2.24) is 20.5 Å². The average molecular weight is 374 g/mol. The van der Waals surface area contributed by atoms with Crippen LogP contribution in [0.2, 0.25) is 5.02 Å². The Kier molecular flexibility index (Phi) is 6.30. The van der Waals surface area contributed by atoms with Crippen molar-refractivity contribution in [3.63, 3.8) is 0 Å². The number of piperazine rings is 1. The second kappa shape index (κ2) is 8.87. The van der Waals surface area contributed by atoms with Crippen LogP contribution < -0.4 is 15.5 Å². The van der Waals surface area contributed by atoms with Gasteiger partial charge in [0, 0.05) is 50.5 Å². The predicted octanol–water partition coefficient (Wildman–Crippen LogP) is 2.49. The minimum atomic E-state index is -0.215. The Morgan fingerprint density at radius 1 is 1.08 bits per heavy atom. The van der Waals surface area contributed by atoms with E-state index in [2.05, 4.69) is 32.5 Å². The van der Waals surface area contributed by atoms with E-state index in [1.807, 2.05) is 42.6 Å². The van der Waals surface area contributed by atoms with Crippen molar-refractivity contribution in [3.8, 4) is 0 Å². The van der Waals surface area contributed by atoms with Gasteiger partial charge in [-0.3, -0.25) is 0 Å². The van der Waals surface area contributed by atoms with Crippen LogP contribution in [0.15, 0.2) is 42.6 Å². The molecule has 6 nitrogen and oxygen atoms in total. The number of amides is 2. The van der Waals surface area contributed by atoms with Crippen LogP contribution in [0, 0.1) is 0 Å². The van der Waals surface area contributed by atoms with Crippen molar-refractivity contribution >= 4 is 23.4 Å². The van der Waals surface area contributed by atoms with Crippen LogP contribution in [0.1, 0.15) is 11.1 Å². The van der Waals surface area contributed by atoms with E-state index in [4.69, 9.17) is 11.6 Å². The summed E-state index contributed by atoms with van der Waals surface area (Å²) in [6.07, 6.45) is 1.82. The highest BCUT2D eigenvalue weighted by atomic mass is 35.5. The maximum absolute atomic E-state index is 11.9. The highest BCUT2D eigenvalue weighted by molar-refractivity contribution is 6.30. The van der Waals surface area contributed by atoms with Gasteiger partial charge in [0.1, 0.15) is 5.82 Å². The summed E-state index contributed by atoms with van der Waals surface area (Å²) in [7, 11) is 2.14. The highest BCUT2D eigenvalue weighted by Crippen LogP contribution is 2.13. The Balaban J connectivity index is 1.43. The molecule has 26 heavy (non-hydrogen) atoms. The number of carbonyl (C=O) groups is 1. The van der Waals surface area contributed by atoms with Crippen LogP contribution in [0.25, 0.3) is 0 Å². The van der Waals surface area contributed by atoms with Gasteiger partial charge in [-0.25, -0.2) is 9.78 Å². The van der Waals surface area contributed by atoms with Crippen molar-refractivity contribution in [2.75, 3.05) is 38.1 Å². The smallest absolute Gasteiger partial charge is 0.315 e. The van der Waals surface area contributed by atoms with Gasteiger partial charge < -0.3 is 20.4 Å². The van der Waals surface area contributed by atoms with Crippen LogP contribution in [-0.4, -0.2) is 49.1 Å². The fourth-order valence-electron chi connectivity index (χ4n) is 2.82. The molecule has 1 aliphatic heterocycles. The average Bonchev–Trinajstić information content (AvgIpc) is 2.66. The van der Waals surface area contributed by atoms with Gasteiger partial charge >= 0.3 is 6.03 Å². The zero-order chi connectivity index (χ0) is 18.4. The lowest BCUT2D eigenvalue weighted by molar-refractivity contribution is 0.240. The summed E-state index contributed by atoms with van der Waals surface area (Å²) in [5.41, 5.74) is 1.94. The van der Waals surface area contributed by atoms with Crippen molar-refractivity contribution in [3.05, 3.63) is 58.7 Å². The molecule has 1 fully saturated rings. The molecule has 0 spiro atoms. The minimum absolute atomic E-state index is 0.215. The Labute approximate surface area is 159 Å². The largest absolute Gasteiger partial charge is 0.354 e. The first-order valence-electron chi connectivity index (χ1n) is 8.75. The fraction of sp³-hybridized carbons (Fsp3) is 0.368. The maximum Gasteiger partial charge on any atom is 0.315 e. The van der Waals surface area contributed by atoms with Crippen LogP contribution in [0.5, 0.6) is 0 Å². The third kappa shape index (κ3) is 5.34. The van der Waals surface area contributed by atoms with Crippen LogP contribution in [-0.2, 0) is 13.1 Å². The second-order valence-corrected chi connectivity index (χ2v) is 6.92. The van der Waals surface area contributed by atoms with E-state index < -0.39 is 0 Å². The number of hydrogen-bond acceptors (Lipinski definition) is 4. The SMILES string of the molecule is CN1CCN(c2ccc(CNC(=O)NCc3cccc(Cl)c3)cn2)CC1. The molecule has 2 aromatic rings. The highest BCUT2D eigenvalue weighted by Gasteiger charge is 2.14. The van der Waals surface area contributed by atoms with Gasteiger partial charge in [0.25, 0.3) is 0 Å². The molecular weight excluding hydrogens is 350 g/mol. The topological polar surface area (TPSA) is 60.5 Å². The quantitative estimate of drug-likeness (QED) is 0.845. The molecule has 7 heteroatoms. The number of carbonyl (C=O) groups excluding carboxylic acids is 1. The van der Waals surface area contributed by atoms with Gasteiger partial charge in [0.2, 0.25) is 0 Å². The first-order valence-corrected chi connectivity index (χ1v) is 9.12. The molecule has 2 amide bonds. The van der Waals surface area contributed by atoms with Gasteiger partial charge in [-0.05, 0) is 36.4 Å². The molecule has 138 valence electrons. The number of urea groups is 1. The van der Waals surface area contributed by atoms with E-state index in [0.717, 1.165) is 43.1 Å². The van der Waals surface area contributed by atoms with Crippen LogP contribution >= 0.6 is 11.6 Å². The standard InChI is InChI=1S/C19H24ClN5O/c1-24-7-9-25(10-8-24)18-6-5-16(13-21-18)14-23-19(26)22-12-15-3-2-4-17(20)11-15/h2-6,11,13H,7-10,12,14H2,1H3,(H2,22,23,26). The molecular formula is C19H24ClN5O. The lowest BCUT2D eigenvalue weighted by Crippen LogP contribution is -2.44. The van der Waals surface area contributed by atoms with Crippen molar-refractivity contribution in [1.29, 1.82) is 0 Å². The summed E-state index contributed by atoms with van der Waals surface area (Å²) in [4.78, 5) is 21.1. The third-order valence-electron chi connectivity index (χ3n) is 4.43. The molecule has 1 saturated heterocycles. The number of nitrogens with zero attached hydrogens (tertiary/aromatic N) is 3. The summed E-state index contributed by atoms with van der Waals surface area (Å²) >= 11 is 5.94. The van der Waals surface area contributed by atoms with Gasteiger partial charge in [0.05, 0.1) is 0 Å². The fourth-order valence-corrected chi connectivity index (χ4v) is 3.03. The molecule has 3 rings (SSSR count). The minimum Gasteiger partial charge on any atom is -0.354 e. The molecule has 1 aliphatic rings. The molecule has 0 aliphatic carbocycles. The lowest BCUT2D eigenvalue weighted by atomic mass is 10.2. The maximum atomic E-state index is 11.9. The van der Waals surface area contributed by atoms with Crippen molar-refractivity contribution in [2.45, 2.75) is 13.1 Å². The molecule has 0 radical (unpaired) electrons. The number of aromatic nitrogens is 1. The summed E-state index contributed by atoms with van der Waals surface area (Å²) in [5, 5.41) is 6.33. The Morgan fingerprint density at radius 2 is 1.81 bits per heavy atom. The second-order valence-electron chi connectivity index (χ2n) is 6.48. The van der Waals surface area contributed by atoms with E-state index in [-0.39, 0.29) is 6.03 Å². The number of nitrogens with one attached hydrogen (secondary N) is 2. The molecule has 0 saturated carbocycles. The number of benzene rings is 1. The Hall–Kier alpha value is -2.31. The number of pyridine rings is 1. The van der Waals surface area contributed by atoms with E-state index >= 15 is 0 Å². The Bertz CT molecular complexity index is 729. The van der Waals surface area contributed by atoms with Gasteiger partial charge in [-0.2, -0.15) is 0 Å². The zero-order valence-electron chi connectivity index (χ0n) is 14.9. The first kappa shape index (κ1) is 18.5. The zero-order valence-corrected chi connectivity index (χ0v) is 15.7. The van der Waals surface area contributed by atoms with Crippen LogP contribution in [0.4, 0.5) is 10.6 Å². The van der Waals surface area contributed by atoms with E-state index in [1.165, 1.54) is 0 Å². The molecule has 0 bridgehead atoms. The van der Waals surface area contributed by atoms with Crippen molar-refractivity contribution < 1.29 is 4.79 Å². The van der Waals surface area contributed by atoms with Gasteiger partial charge in [0.15, 0.2) is 0 Å². The van der Waals surface area contributed by atoms with Crippen molar-refractivity contribution in [2.24, 2.45) is 0 Å². The van der Waals surface area contributed by atoms with Gasteiger partial charge in [-0.1, -0.05) is 29.8 Å². The summed E-state index contributed by atoms with van der Waals surface area (Å²) < 4.78 is 0. The third-order valence-corrected chi connectivity index (χ3v) is 4.67. The molecule has 0 atom stereocenters. The number of likely N-dealkylation sites (N-methyl/N-ethyl adjacent to an activating group) is 1. The van der Waals surface area contributed by atoms with E-state index in [9.17, 15) is 4.79 Å². The van der Waals surface area contributed by atoms with E-state index in [1.54, 1.807) is 0 Å².